The van der Waals surface area contributed by atoms with E-state index in [0.29, 0.717) is 11.5 Å². The second-order valence-electron chi connectivity index (χ2n) is 4.13. The molecule has 1 aromatic carbocycles. The highest BCUT2D eigenvalue weighted by atomic mass is 16.5. The van der Waals surface area contributed by atoms with Crippen LogP contribution in [-0.4, -0.2) is 12.2 Å². The fraction of sp³-hybridized carbons (Fsp3) is 0.571. The second kappa shape index (κ2) is 7.15. The molecule has 0 fully saturated rings. The maximum atomic E-state index is 9.87. The zero-order valence-corrected chi connectivity index (χ0v) is 10.3. The molecule has 0 amide bonds. The van der Waals surface area contributed by atoms with Gasteiger partial charge in [-0.05, 0) is 24.5 Å². The molecule has 0 saturated heterocycles. The molecule has 0 bridgehead atoms. The molecule has 0 unspecified atom stereocenters. The Morgan fingerprint density at radius 2 is 1.88 bits per heavy atom. The number of hydrogen-bond acceptors (Lipinski definition) is 2. The van der Waals surface area contributed by atoms with Gasteiger partial charge in [0.15, 0.2) is 11.5 Å². The predicted octanol–water partition coefficient (Wildman–Crippen LogP) is 3.91. The van der Waals surface area contributed by atoms with Gasteiger partial charge in [-0.3, -0.25) is 0 Å². The Hall–Kier alpha value is -1.18. The van der Waals surface area contributed by atoms with Crippen LogP contribution in [0, 0.1) is 0 Å². The van der Waals surface area contributed by atoms with Crippen LogP contribution in [-0.2, 0) is 6.42 Å². The van der Waals surface area contributed by atoms with Gasteiger partial charge in [0.1, 0.15) is 0 Å². The van der Waals surface area contributed by atoms with Crippen molar-refractivity contribution in [3.8, 4) is 11.5 Å². The largest absolute Gasteiger partial charge is 0.504 e. The van der Waals surface area contributed by atoms with Crippen LogP contribution >= 0.6 is 0 Å². The number of ether oxygens (including phenoxy) is 1. The zero-order chi connectivity index (χ0) is 11.8. The molecule has 2 heteroatoms. The molecule has 1 rings (SSSR count). The number of para-hydroxylation sites is 1. The molecule has 1 N–H and O–H groups in total. The Labute approximate surface area is 98.3 Å². The van der Waals surface area contributed by atoms with Crippen LogP contribution in [0.3, 0.4) is 0 Å². The average molecular weight is 222 g/mol. The first-order valence-corrected chi connectivity index (χ1v) is 6.14. The van der Waals surface area contributed by atoms with Crippen molar-refractivity contribution in [1.82, 2.24) is 0 Å². The summed E-state index contributed by atoms with van der Waals surface area (Å²) in [6.07, 6.45) is 7.19. The molecule has 2 nitrogen and oxygen atoms in total. The third kappa shape index (κ3) is 3.76. The molecule has 90 valence electrons. The van der Waals surface area contributed by atoms with Gasteiger partial charge in [-0.15, -0.1) is 0 Å². The number of benzene rings is 1. The smallest absolute Gasteiger partial charge is 0.160 e. The van der Waals surface area contributed by atoms with Gasteiger partial charge in [0, 0.05) is 0 Å². The minimum atomic E-state index is 0.306. The van der Waals surface area contributed by atoms with Crippen molar-refractivity contribution in [2.45, 2.75) is 45.4 Å². The van der Waals surface area contributed by atoms with E-state index in [2.05, 4.69) is 6.92 Å². The van der Waals surface area contributed by atoms with E-state index in [9.17, 15) is 5.11 Å². The van der Waals surface area contributed by atoms with Crippen molar-refractivity contribution in [3.63, 3.8) is 0 Å². The van der Waals surface area contributed by atoms with Crippen LogP contribution in [0.1, 0.15) is 44.6 Å². The van der Waals surface area contributed by atoms with Crippen molar-refractivity contribution in [2.75, 3.05) is 7.11 Å². The molecule has 1 aromatic rings. The maximum absolute atomic E-state index is 9.87. The molecular formula is C14H22O2. The van der Waals surface area contributed by atoms with Crippen molar-refractivity contribution in [1.29, 1.82) is 0 Å². The number of hydrogen-bond donors (Lipinski definition) is 1. The van der Waals surface area contributed by atoms with E-state index >= 15 is 0 Å². The van der Waals surface area contributed by atoms with E-state index in [1.54, 1.807) is 13.2 Å². The van der Waals surface area contributed by atoms with Gasteiger partial charge < -0.3 is 9.84 Å². The molecule has 0 aliphatic rings. The monoisotopic (exact) mass is 222 g/mol. The average Bonchev–Trinajstić information content (AvgIpc) is 2.31. The lowest BCUT2D eigenvalue weighted by atomic mass is 10.0. The summed E-state index contributed by atoms with van der Waals surface area (Å²) in [6, 6.07) is 5.69. The summed E-state index contributed by atoms with van der Waals surface area (Å²) in [5.41, 5.74) is 0.996. The Morgan fingerprint density at radius 3 is 2.56 bits per heavy atom. The minimum absolute atomic E-state index is 0.306. The van der Waals surface area contributed by atoms with Crippen LogP contribution in [0.25, 0.3) is 0 Å². The number of phenolic OH excluding ortho intramolecular Hbond substituents is 1. The summed E-state index contributed by atoms with van der Waals surface area (Å²) in [7, 11) is 1.58. The fourth-order valence-electron chi connectivity index (χ4n) is 1.85. The van der Waals surface area contributed by atoms with Gasteiger partial charge in [0.25, 0.3) is 0 Å². The van der Waals surface area contributed by atoms with Gasteiger partial charge in [0.05, 0.1) is 7.11 Å². The first-order chi connectivity index (χ1) is 7.79. The van der Waals surface area contributed by atoms with E-state index in [0.717, 1.165) is 18.4 Å². The highest BCUT2D eigenvalue weighted by molar-refractivity contribution is 5.45. The van der Waals surface area contributed by atoms with Crippen LogP contribution in [0.15, 0.2) is 18.2 Å². The first kappa shape index (κ1) is 12.9. The summed E-state index contributed by atoms with van der Waals surface area (Å²) in [5, 5.41) is 9.87. The summed E-state index contributed by atoms with van der Waals surface area (Å²) >= 11 is 0. The van der Waals surface area contributed by atoms with Crippen LogP contribution in [0.4, 0.5) is 0 Å². The first-order valence-electron chi connectivity index (χ1n) is 6.14. The van der Waals surface area contributed by atoms with E-state index < -0.39 is 0 Å². The molecule has 0 radical (unpaired) electrons. The number of phenols is 1. The molecule has 16 heavy (non-hydrogen) atoms. The van der Waals surface area contributed by atoms with Crippen LogP contribution in [0.5, 0.6) is 11.5 Å². The summed E-state index contributed by atoms with van der Waals surface area (Å²) < 4.78 is 5.08. The number of methoxy groups -OCH3 is 1. The van der Waals surface area contributed by atoms with Crippen molar-refractivity contribution in [2.24, 2.45) is 0 Å². The van der Waals surface area contributed by atoms with E-state index in [1.807, 2.05) is 12.1 Å². The van der Waals surface area contributed by atoms with Crippen molar-refractivity contribution < 1.29 is 9.84 Å². The third-order valence-electron chi connectivity index (χ3n) is 2.85. The highest BCUT2D eigenvalue weighted by Gasteiger charge is 2.06. The molecule has 0 heterocycles. The Kier molecular flexibility index (Phi) is 5.76. The molecule has 0 spiro atoms. The highest BCUT2D eigenvalue weighted by Crippen LogP contribution is 2.30. The fourth-order valence-corrected chi connectivity index (χ4v) is 1.85. The number of rotatable bonds is 7. The van der Waals surface area contributed by atoms with Crippen LogP contribution in [0.2, 0.25) is 0 Å². The molecule has 0 saturated carbocycles. The minimum Gasteiger partial charge on any atom is -0.504 e. The Morgan fingerprint density at radius 1 is 1.12 bits per heavy atom. The predicted molar refractivity (Wildman–Crippen MR) is 67.1 cm³/mol. The topological polar surface area (TPSA) is 29.5 Å². The van der Waals surface area contributed by atoms with Crippen molar-refractivity contribution >= 4 is 0 Å². The zero-order valence-electron chi connectivity index (χ0n) is 10.3. The molecule has 0 aliphatic heterocycles. The quantitative estimate of drug-likeness (QED) is 0.709. The molecule has 0 atom stereocenters. The summed E-state index contributed by atoms with van der Waals surface area (Å²) in [4.78, 5) is 0. The summed E-state index contributed by atoms with van der Waals surface area (Å²) in [5.74, 6) is 0.881. The standard InChI is InChI=1S/C14H22O2/c1-3-4-5-6-7-9-12-10-8-11-13(16-2)14(12)15/h8,10-11,15H,3-7,9H2,1-2H3. The number of unbranched alkanes of at least 4 members (excludes halogenated alkanes) is 4. The molecule has 0 aliphatic carbocycles. The van der Waals surface area contributed by atoms with Gasteiger partial charge in [-0.1, -0.05) is 44.7 Å². The van der Waals surface area contributed by atoms with Gasteiger partial charge in [-0.2, -0.15) is 0 Å². The normalized spacial score (nSPS) is 10.4. The van der Waals surface area contributed by atoms with E-state index in [1.165, 1.54) is 25.7 Å². The molecule has 0 aromatic heterocycles. The van der Waals surface area contributed by atoms with Crippen molar-refractivity contribution in [3.05, 3.63) is 23.8 Å². The SMILES string of the molecule is CCCCCCCc1cccc(OC)c1O. The maximum Gasteiger partial charge on any atom is 0.160 e. The van der Waals surface area contributed by atoms with Gasteiger partial charge >= 0.3 is 0 Å². The molecular weight excluding hydrogens is 200 g/mol. The lowest BCUT2D eigenvalue weighted by molar-refractivity contribution is 0.370. The number of aryl methyl sites for hydroxylation is 1. The third-order valence-corrected chi connectivity index (χ3v) is 2.85. The lowest BCUT2D eigenvalue weighted by Crippen LogP contribution is -1.90. The Bertz CT molecular complexity index is 308. The van der Waals surface area contributed by atoms with Gasteiger partial charge in [0.2, 0.25) is 0 Å². The lowest BCUT2D eigenvalue weighted by Gasteiger charge is -2.08. The Balaban J connectivity index is 2.41. The summed E-state index contributed by atoms with van der Waals surface area (Å²) in [6.45, 7) is 2.22. The second-order valence-corrected chi connectivity index (χ2v) is 4.13. The number of aromatic hydroxyl groups is 1. The van der Waals surface area contributed by atoms with E-state index in [4.69, 9.17) is 4.74 Å². The van der Waals surface area contributed by atoms with Gasteiger partial charge in [-0.25, -0.2) is 0 Å². The van der Waals surface area contributed by atoms with E-state index in [-0.39, 0.29) is 0 Å². The van der Waals surface area contributed by atoms with Crippen LogP contribution < -0.4 is 4.74 Å².